The highest BCUT2D eigenvalue weighted by Gasteiger charge is 2.40. The molecule has 0 fully saturated rings. The maximum atomic E-state index is 2.53. The molecule has 3 heteroatoms. The molecule has 2 heterocycles. The average Bonchev–Trinajstić information content (AvgIpc) is 4.11. The van der Waals surface area contributed by atoms with Gasteiger partial charge in [0, 0.05) is 64.7 Å². The summed E-state index contributed by atoms with van der Waals surface area (Å²) in [4.78, 5) is 2.53. The molecule has 2 aromatic heterocycles. The molecule has 0 radical (unpaired) electrons. The summed E-state index contributed by atoms with van der Waals surface area (Å²) in [6, 6.07) is 90.2. The maximum absolute atomic E-state index is 2.53. The Morgan fingerprint density at radius 2 is 1.11 bits per heavy atom. The molecule has 12 aromatic rings. The summed E-state index contributed by atoms with van der Waals surface area (Å²) in [7, 11) is 0. The quantitative estimate of drug-likeness (QED) is 0.131. The van der Waals surface area contributed by atoms with Gasteiger partial charge in [-0.1, -0.05) is 196 Å². The van der Waals surface area contributed by atoms with Gasteiger partial charge in [-0.3, -0.25) is 0 Å². The second-order valence-electron chi connectivity index (χ2n) is 20.9. The Morgan fingerprint density at radius 1 is 0.486 bits per heavy atom. The highest BCUT2D eigenvalue weighted by Crippen LogP contribution is 2.56. The number of benzene rings is 10. The fourth-order valence-electron chi connectivity index (χ4n) is 12.8. The van der Waals surface area contributed by atoms with E-state index in [4.69, 9.17) is 0 Å². The minimum Gasteiger partial charge on any atom is -0.313 e. The molecule has 0 N–H and O–H groups in total. The third kappa shape index (κ3) is 6.91. The van der Waals surface area contributed by atoms with Gasteiger partial charge in [-0.25, -0.2) is 0 Å². The van der Waals surface area contributed by atoms with Gasteiger partial charge in [0.1, 0.15) is 0 Å². The van der Waals surface area contributed by atoms with Gasteiger partial charge in [0.2, 0.25) is 0 Å². The van der Waals surface area contributed by atoms with E-state index in [1.165, 1.54) is 121 Å². The number of hydrogen-bond acceptors (Lipinski definition) is 2. The van der Waals surface area contributed by atoms with Crippen molar-refractivity contribution in [3.8, 4) is 27.9 Å². The van der Waals surface area contributed by atoms with Gasteiger partial charge in [0.05, 0.1) is 11.2 Å². The molecular weight excluding hydrogens is 913 g/mol. The van der Waals surface area contributed by atoms with Crippen LogP contribution >= 0.6 is 11.3 Å². The number of hydrogen-bond donors (Lipinski definition) is 0. The Bertz CT molecular complexity index is 4120. The zero-order chi connectivity index (χ0) is 49.5. The first-order chi connectivity index (χ1) is 36.3. The van der Waals surface area contributed by atoms with E-state index in [0.29, 0.717) is 0 Å². The third-order valence-corrected chi connectivity index (χ3v) is 17.6. The van der Waals surface area contributed by atoms with Gasteiger partial charge in [0.15, 0.2) is 0 Å². The van der Waals surface area contributed by atoms with Crippen LogP contribution in [0.4, 0.5) is 17.1 Å². The lowest BCUT2D eigenvalue weighted by Gasteiger charge is -2.34. The van der Waals surface area contributed by atoms with Crippen molar-refractivity contribution in [3.05, 3.63) is 287 Å². The summed E-state index contributed by atoms with van der Waals surface area (Å²) in [5, 5.41) is 3.91. The summed E-state index contributed by atoms with van der Waals surface area (Å²) < 4.78 is 5.15. The van der Waals surface area contributed by atoms with E-state index >= 15 is 0 Å². The molecule has 0 spiro atoms. The summed E-state index contributed by atoms with van der Waals surface area (Å²) in [6.07, 6.45) is 4.37. The molecule has 74 heavy (non-hydrogen) atoms. The molecule has 0 saturated heterocycles. The minimum atomic E-state index is -0.357. The molecule has 0 amide bonds. The first-order valence-corrected chi connectivity index (χ1v) is 26.9. The van der Waals surface area contributed by atoms with Crippen LogP contribution in [0, 0.1) is 0 Å². The number of anilines is 3. The Balaban J connectivity index is 0.904. The van der Waals surface area contributed by atoms with Crippen LogP contribution in [0.5, 0.6) is 0 Å². The van der Waals surface area contributed by atoms with Crippen molar-refractivity contribution in [2.75, 3.05) is 4.90 Å². The van der Waals surface area contributed by atoms with Crippen LogP contribution in [0.25, 0.3) is 70.7 Å². The Hall–Kier alpha value is -8.50. The highest BCUT2D eigenvalue weighted by molar-refractivity contribution is 7.25. The normalized spacial score (nSPS) is 13.7. The van der Waals surface area contributed by atoms with Crippen molar-refractivity contribution >= 4 is 71.1 Å². The van der Waals surface area contributed by atoms with Crippen LogP contribution in [0.3, 0.4) is 0 Å². The van der Waals surface area contributed by atoms with Crippen molar-refractivity contribution in [2.24, 2.45) is 0 Å². The summed E-state index contributed by atoms with van der Waals surface area (Å²) in [5.41, 5.74) is 22.4. The van der Waals surface area contributed by atoms with Crippen molar-refractivity contribution in [1.29, 1.82) is 0 Å². The number of nitrogens with zero attached hydrogens (tertiary/aromatic N) is 2. The number of fused-ring (bicyclic) bond motifs is 9. The minimum absolute atomic E-state index is 0.225. The average molecular weight is 967 g/mol. The largest absolute Gasteiger partial charge is 0.313 e. The second-order valence-corrected chi connectivity index (χ2v) is 22.0. The lowest BCUT2D eigenvalue weighted by Crippen LogP contribution is -2.26. The second kappa shape index (κ2) is 17.3. The topological polar surface area (TPSA) is 8.17 Å². The number of rotatable bonds is 9. The van der Waals surface area contributed by atoms with Gasteiger partial charge < -0.3 is 9.47 Å². The Labute approximate surface area is 437 Å². The summed E-state index contributed by atoms with van der Waals surface area (Å²) >= 11 is 1.88. The molecule has 2 nitrogen and oxygen atoms in total. The monoisotopic (exact) mass is 966 g/mol. The molecule has 0 saturated carbocycles. The van der Waals surface area contributed by atoms with E-state index in [9.17, 15) is 0 Å². The molecule has 354 valence electrons. The van der Waals surface area contributed by atoms with Crippen LogP contribution < -0.4 is 4.90 Å². The van der Waals surface area contributed by atoms with Gasteiger partial charge in [-0.2, -0.15) is 0 Å². The number of aromatic nitrogens is 1. The van der Waals surface area contributed by atoms with Crippen LogP contribution in [0.15, 0.2) is 243 Å². The van der Waals surface area contributed by atoms with Gasteiger partial charge in [-0.15, -0.1) is 11.3 Å². The molecule has 2 aliphatic rings. The molecule has 0 atom stereocenters. The number of allylic oxidation sites excluding steroid dienone is 1. The SMILES string of the molecule is CC1(C)c2ccccc2-c2cc(C3=Cc4c(n(-c5ccc(-c6ccccc6C(C)(c6ccccc6)c6ccccc6)cc5)c5ccccc45)CC3)cc(N(c3ccccc3)c3ccc4c(c3)sc3ccccc34)c21. The number of para-hydroxylation sites is 2. The first kappa shape index (κ1) is 44.2. The van der Waals surface area contributed by atoms with Crippen molar-refractivity contribution in [3.63, 3.8) is 0 Å². The number of thiophene rings is 1. The molecular formula is C71H54N2S. The van der Waals surface area contributed by atoms with E-state index < -0.39 is 0 Å². The molecule has 0 bridgehead atoms. The molecule has 2 aliphatic carbocycles. The van der Waals surface area contributed by atoms with Crippen LogP contribution in [0.1, 0.15) is 71.8 Å². The Morgan fingerprint density at radius 3 is 1.86 bits per heavy atom. The standard InChI is InChI=1S/C71H54N2S/c1-70(2)62-31-17-14-28-56(62)61-44-49(45-66(69(61)70)72(52-25-11-6-12-26-52)54-40-41-59-58-30-16-20-34-67(58)74-68(59)46-54)48-37-42-65-60(43-48)57-29-15-19-33-64(57)73(65)53-38-35-47(36-39-53)55-27-13-18-32-63(55)71(3,50-21-7-4-8-22-50)51-23-9-5-10-24-51/h4-36,38-41,43-46H,37,42H2,1-3H3. The fraction of sp³-hybridized carbons (Fsp3) is 0.0986. The van der Waals surface area contributed by atoms with Crippen molar-refractivity contribution in [2.45, 2.75) is 44.4 Å². The summed E-state index contributed by atoms with van der Waals surface area (Å²) in [5.74, 6) is 0. The highest BCUT2D eigenvalue weighted by atomic mass is 32.1. The zero-order valence-electron chi connectivity index (χ0n) is 41.9. The van der Waals surface area contributed by atoms with Gasteiger partial charge in [0.25, 0.3) is 0 Å². The van der Waals surface area contributed by atoms with Crippen LogP contribution in [0.2, 0.25) is 0 Å². The molecule has 0 unspecified atom stereocenters. The Kier molecular flexibility index (Phi) is 10.4. The smallest absolute Gasteiger partial charge is 0.0537 e. The van der Waals surface area contributed by atoms with Gasteiger partial charge >= 0.3 is 0 Å². The van der Waals surface area contributed by atoms with Crippen LogP contribution in [-0.4, -0.2) is 4.57 Å². The van der Waals surface area contributed by atoms with Gasteiger partial charge in [-0.05, 0) is 148 Å². The molecule has 14 rings (SSSR count). The van der Waals surface area contributed by atoms with Crippen LogP contribution in [-0.2, 0) is 17.3 Å². The predicted octanol–water partition coefficient (Wildman–Crippen LogP) is 19.3. The van der Waals surface area contributed by atoms with E-state index in [1.807, 2.05) is 11.3 Å². The zero-order valence-corrected chi connectivity index (χ0v) is 42.7. The first-order valence-electron chi connectivity index (χ1n) is 26.0. The van der Waals surface area contributed by atoms with E-state index in [-0.39, 0.29) is 10.8 Å². The lowest BCUT2D eigenvalue weighted by atomic mass is 9.69. The fourth-order valence-corrected chi connectivity index (χ4v) is 14.0. The van der Waals surface area contributed by atoms with E-state index in [2.05, 4.69) is 279 Å². The summed E-state index contributed by atoms with van der Waals surface area (Å²) in [6.45, 7) is 7.20. The predicted molar refractivity (Wildman–Crippen MR) is 315 cm³/mol. The molecule has 10 aromatic carbocycles. The lowest BCUT2D eigenvalue weighted by molar-refractivity contribution is 0.660. The van der Waals surface area contributed by atoms with Crippen molar-refractivity contribution < 1.29 is 0 Å². The van der Waals surface area contributed by atoms with Crippen molar-refractivity contribution in [1.82, 2.24) is 4.57 Å². The third-order valence-electron chi connectivity index (χ3n) is 16.4. The van der Waals surface area contributed by atoms with E-state index in [1.54, 1.807) is 0 Å². The maximum Gasteiger partial charge on any atom is 0.0537 e. The molecule has 0 aliphatic heterocycles. The van der Waals surface area contributed by atoms with E-state index in [0.717, 1.165) is 18.5 Å².